The Morgan fingerprint density at radius 3 is 2.20 bits per heavy atom. The van der Waals surface area contributed by atoms with E-state index in [4.69, 9.17) is 0 Å². The number of nitrogens with one attached hydrogen (secondary N) is 1. The summed E-state index contributed by atoms with van der Waals surface area (Å²) in [6.07, 6.45) is 0. The molecule has 0 aliphatic heterocycles. The fourth-order valence-electron chi connectivity index (χ4n) is 2.33. The predicted molar refractivity (Wildman–Crippen MR) is 96.5 cm³/mol. The van der Waals surface area contributed by atoms with Gasteiger partial charge >= 0.3 is 0 Å². The van der Waals surface area contributed by atoms with Gasteiger partial charge in [-0.25, -0.2) is 8.78 Å². The number of amides is 1. The molecule has 0 bridgehead atoms. The summed E-state index contributed by atoms with van der Waals surface area (Å²) in [4.78, 5) is 13.7. The van der Waals surface area contributed by atoms with Crippen LogP contribution < -0.4 is 5.32 Å². The Balaban J connectivity index is 1.88. The topological polar surface area (TPSA) is 29.1 Å². The third-order valence-corrected chi connectivity index (χ3v) is 4.79. The van der Waals surface area contributed by atoms with E-state index in [2.05, 4.69) is 5.32 Å². The molecule has 0 aliphatic carbocycles. The smallest absolute Gasteiger partial charge is 0.242 e. The molecule has 0 unspecified atom stereocenters. The van der Waals surface area contributed by atoms with Crippen LogP contribution in [0.5, 0.6) is 0 Å². The van der Waals surface area contributed by atoms with Crippen molar-refractivity contribution in [3.63, 3.8) is 0 Å². The van der Waals surface area contributed by atoms with Crippen LogP contribution in [-0.2, 0) is 4.79 Å². The molecular weight excluding hydrogens is 340 g/mol. The first-order chi connectivity index (χ1) is 12.1. The second-order valence-corrected chi connectivity index (χ2v) is 6.51. The van der Waals surface area contributed by atoms with Crippen molar-refractivity contribution in [3.8, 4) is 0 Å². The van der Waals surface area contributed by atoms with Gasteiger partial charge in [-0.3, -0.25) is 4.79 Å². The highest BCUT2D eigenvalue weighted by molar-refractivity contribution is 8.00. The summed E-state index contributed by atoms with van der Waals surface area (Å²) in [6.45, 7) is 0. The maximum Gasteiger partial charge on any atom is 0.242 e. The van der Waals surface area contributed by atoms with Crippen LogP contribution in [0, 0.1) is 11.6 Å². The normalized spacial score (nSPS) is 11.8. The molecule has 1 atom stereocenters. The van der Waals surface area contributed by atoms with Crippen molar-refractivity contribution in [2.24, 2.45) is 0 Å². The molecule has 3 aromatic rings. The van der Waals surface area contributed by atoms with Crippen molar-refractivity contribution in [2.45, 2.75) is 10.1 Å². The van der Waals surface area contributed by atoms with E-state index >= 15 is 0 Å². The molecule has 126 valence electrons. The van der Waals surface area contributed by atoms with Crippen molar-refractivity contribution in [1.82, 2.24) is 0 Å². The molecule has 0 saturated carbocycles. The first kappa shape index (κ1) is 17.2. The lowest BCUT2D eigenvalue weighted by molar-refractivity contribution is -0.115. The quantitative estimate of drug-likeness (QED) is 0.618. The van der Waals surface area contributed by atoms with E-state index in [1.54, 1.807) is 0 Å². The monoisotopic (exact) mass is 355 g/mol. The third kappa shape index (κ3) is 4.45. The Morgan fingerprint density at radius 1 is 0.880 bits per heavy atom. The van der Waals surface area contributed by atoms with Gasteiger partial charge in [-0.1, -0.05) is 48.5 Å². The van der Waals surface area contributed by atoms with Gasteiger partial charge in [0.1, 0.15) is 16.9 Å². The molecule has 0 spiro atoms. The molecule has 0 aromatic heterocycles. The first-order valence-corrected chi connectivity index (χ1v) is 8.54. The molecule has 0 fully saturated rings. The van der Waals surface area contributed by atoms with E-state index < -0.39 is 22.8 Å². The number of anilines is 1. The average Bonchev–Trinajstić information content (AvgIpc) is 2.64. The van der Waals surface area contributed by atoms with Crippen molar-refractivity contribution in [2.75, 3.05) is 5.32 Å². The fraction of sp³-hybridized carbons (Fsp3) is 0.0500. The maximum atomic E-state index is 13.8. The summed E-state index contributed by atoms with van der Waals surface area (Å²) in [5.74, 6) is -1.69. The summed E-state index contributed by atoms with van der Waals surface area (Å²) in [6, 6.07) is 21.6. The minimum Gasteiger partial charge on any atom is -0.322 e. The van der Waals surface area contributed by atoms with Crippen LogP contribution in [0.4, 0.5) is 14.5 Å². The highest BCUT2D eigenvalue weighted by Gasteiger charge is 2.23. The maximum absolute atomic E-state index is 13.8. The van der Waals surface area contributed by atoms with Gasteiger partial charge < -0.3 is 5.32 Å². The second-order valence-electron chi connectivity index (χ2n) is 5.34. The molecule has 0 heterocycles. The van der Waals surface area contributed by atoms with Crippen molar-refractivity contribution < 1.29 is 13.6 Å². The third-order valence-electron chi connectivity index (χ3n) is 3.52. The van der Waals surface area contributed by atoms with Crippen LogP contribution in [0.3, 0.4) is 0 Å². The number of thioether (sulfide) groups is 1. The summed E-state index contributed by atoms with van der Waals surface area (Å²) >= 11 is 1.35. The zero-order chi connectivity index (χ0) is 17.6. The van der Waals surface area contributed by atoms with Gasteiger partial charge in [-0.15, -0.1) is 11.8 Å². The highest BCUT2D eigenvalue weighted by atomic mass is 32.2. The Hall–Kier alpha value is -2.66. The summed E-state index contributed by atoms with van der Waals surface area (Å²) in [7, 11) is 0. The minimum absolute atomic E-state index is 0.167. The van der Waals surface area contributed by atoms with Crippen molar-refractivity contribution in [1.29, 1.82) is 0 Å². The van der Waals surface area contributed by atoms with Gasteiger partial charge in [0.15, 0.2) is 0 Å². The molecule has 1 N–H and O–H groups in total. The molecule has 1 amide bonds. The summed E-state index contributed by atoms with van der Waals surface area (Å²) in [5, 5.41) is 1.90. The van der Waals surface area contributed by atoms with E-state index in [9.17, 15) is 13.6 Å². The number of hydrogen-bond acceptors (Lipinski definition) is 2. The summed E-state index contributed by atoms with van der Waals surface area (Å²) in [5.41, 5.74) is 0.616. The number of benzene rings is 3. The molecule has 5 heteroatoms. The number of halogens is 2. The largest absolute Gasteiger partial charge is 0.322 e. The Labute approximate surface area is 148 Å². The zero-order valence-corrected chi connectivity index (χ0v) is 14.0. The van der Waals surface area contributed by atoms with E-state index in [1.165, 1.54) is 11.8 Å². The molecule has 3 rings (SSSR count). The van der Waals surface area contributed by atoms with Crippen LogP contribution in [0.1, 0.15) is 10.8 Å². The number of carbonyl (C=O) groups is 1. The lowest BCUT2D eigenvalue weighted by Crippen LogP contribution is -2.19. The predicted octanol–water partition coefficient (Wildman–Crippen LogP) is 5.44. The van der Waals surface area contributed by atoms with Crippen molar-refractivity contribution in [3.05, 3.63) is 96.1 Å². The van der Waals surface area contributed by atoms with Crippen LogP contribution in [-0.4, -0.2) is 5.91 Å². The Bertz CT molecular complexity index is 856. The fourth-order valence-corrected chi connectivity index (χ4v) is 3.37. The summed E-state index contributed by atoms with van der Waals surface area (Å²) < 4.78 is 27.2. The molecule has 25 heavy (non-hydrogen) atoms. The second kappa shape index (κ2) is 7.94. The van der Waals surface area contributed by atoms with Crippen LogP contribution in [0.25, 0.3) is 0 Å². The average molecular weight is 355 g/mol. The van der Waals surface area contributed by atoms with E-state index in [0.717, 1.165) is 28.7 Å². The molecule has 0 radical (unpaired) electrons. The lowest BCUT2D eigenvalue weighted by atomic mass is 10.1. The van der Waals surface area contributed by atoms with Gasteiger partial charge in [0, 0.05) is 11.0 Å². The van der Waals surface area contributed by atoms with E-state index in [1.807, 2.05) is 60.7 Å². The highest BCUT2D eigenvalue weighted by Crippen LogP contribution is 2.36. The van der Waals surface area contributed by atoms with Crippen LogP contribution in [0.15, 0.2) is 83.8 Å². The molecular formula is C20H15F2NOS. The van der Waals surface area contributed by atoms with Gasteiger partial charge in [0.25, 0.3) is 0 Å². The number of carbonyl (C=O) groups excluding carboxylic acids is 1. The van der Waals surface area contributed by atoms with Gasteiger partial charge in [-0.2, -0.15) is 0 Å². The number of hydrogen-bond donors (Lipinski definition) is 1. The molecule has 3 aromatic carbocycles. The minimum atomic E-state index is -0.675. The van der Waals surface area contributed by atoms with E-state index in [-0.39, 0.29) is 5.69 Å². The van der Waals surface area contributed by atoms with Gasteiger partial charge in [0.2, 0.25) is 5.91 Å². The Kier molecular flexibility index (Phi) is 5.46. The molecule has 0 saturated heterocycles. The molecule has 0 aliphatic rings. The molecule has 2 nitrogen and oxygen atoms in total. The van der Waals surface area contributed by atoms with Gasteiger partial charge in [-0.05, 0) is 29.8 Å². The zero-order valence-electron chi connectivity index (χ0n) is 13.2. The van der Waals surface area contributed by atoms with Crippen LogP contribution >= 0.6 is 11.8 Å². The SMILES string of the molecule is O=C(Nc1cc(F)ccc1F)[C@H](Sc1ccccc1)c1ccccc1. The van der Waals surface area contributed by atoms with Gasteiger partial charge in [0.05, 0.1) is 5.69 Å². The standard InChI is InChI=1S/C20H15F2NOS/c21-15-11-12-17(22)18(13-15)23-20(24)19(14-7-3-1-4-8-14)25-16-9-5-2-6-10-16/h1-13,19H,(H,23,24)/t19-/m1/s1. The number of rotatable bonds is 5. The first-order valence-electron chi connectivity index (χ1n) is 7.66. The van der Waals surface area contributed by atoms with Crippen molar-refractivity contribution >= 4 is 23.4 Å². The van der Waals surface area contributed by atoms with E-state index in [0.29, 0.717) is 0 Å². The lowest BCUT2D eigenvalue weighted by Gasteiger charge is -2.17. The Morgan fingerprint density at radius 2 is 1.52 bits per heavy atom. The van der Waals surface area contributed by atoms with Crippen LogP contribution in [0.2, 0.25) is 0 Å².